The van der Waals surface area contributed by atoms with Gasteiger partial charge >= 0.3 is 0 Å². The molecule has 3 nitrogen and oxygen atoms in total. The van der Waals surface area contributed by atoms with Gasteiger partial charge in [0.25, 0.3) is 0 Å². The predicted molar refractivity (Wildman–Crippen MR) is 52.2 cm³/mol. The first-order valence-corrected chi connectivity index (χ1v) is 5.10. The van der Waals surface area contributed by atoms with Crippen molar-refractivity contribution in [3.05, 3.63) is 33.9 Å². The van der Waals surface area contributed by atoms with Crippen LogP contribution in [0, 0.1) is 0 Å². The Morgan fingerprint density at radius 2 is 2.36 bits per heavy atom. The fourth-order valence-electron chi connectivity index (χ4n) is 2.80. The summed E-state index contributed by atoms with van der Waals surface area (Å²) in [5, 5.41) is 0. The lowest BCUT2D eigenvalue weighted by molar-refractivity contribution is 0.204. The molecule has 0 N–H and O–H groups in total. The van der Waals surface area contributed by atoms with Crippen LogP contribution in [0.2, 0.25) is 0 Å². The van der Waals surface area contributed by atoms with E-state index >= 15 is 0 Å². The van der Waals surface area contributed by atoms with E-state index in [9.17, 15) is 4.79 Å². The summed E-state index contributed by atoms with van der Waals surface area (Å²) in [5.74, 6) is 0.920. The average Bonchev–Trinajstić information content (AvgIpc) is 2.44. The van der Waals surface area contributed by atoms with Crippen molar-refractivity contribution in [1.82, 2.24) is 4.90 Å². The molecule has 2 atom stereocenters. The molecule has 3 rings (SSSR count). The molecule has 14 heavy (non-hydrogen) atoms. The Bertz CT molecular complexity index is 424. The van der Waals surface area contributed by atoms with Crippen LogP contribution in [0.4, 0.5) is 0 Å². The first kappa shape index (κ1) is 8.24. The van der Waals surface area contributed by atoms with Gasteiger partial charge in [-0.25, -0.2) is 0 Å². The Morgan fingerprint density at radius 1 is 1.50 bits per heavy atom. The summed E-state index contributed by atoms with van der Waals surface area (Å²) in [7, 11) is 2.11. The van der Waals surface area contributed by atoms with Gasteiger partial charge in [-0.3, -0.25) is 9.69 Å². The smallest absolute Gasteiger partial charge is 0.189 e. The van der Waals surface area contributed by atoms with Gasteiger partial charge < -0.3 is 4.42 Å². The highest BCUT2D eigenvalue weighted by atomic mass is 16.3. The standard InChI is InChI=1S/C11H13NO2/c1-12-7-2-3-8(12)11-9(13)4-5-14-10(11)6-7/h4-5,7-8H,2-3,6H2,1H3. The second-order valence-corrected chi connectivity index (χ2v) is 4.24. The van der Waals surface area contributed by atoms with Gasteiger partial charge in [0.05, 0.1) is 11.8 Å². The average molecular weight is 191 g/mol. The van der Waals surface area contributed by atoms with Gasteiger partial charge in [0.15, 0.2) is 5.43 Å². The van der Waals surface area contributed by atoms with Crippen LogP contribution >= 0.6 is 0 Å². The zero-order chi connectivity index (χ0) is 9.71. The molecule has 1 aromatic rings. The van der Waals surface area contributed by atoms with Crippen LogP contribution in [0.5, 0.6) is 0 Å². The molecule has 0 aromatic carbocycles. The first-order chi connectivity index (χ1) is 6.77. The van der Waals surface area contributed by atoms with E-state index in [1.807, 2.05) is 0 Å². The zero-order valence-corrected chi connectivity index (χ0v) is 8.19. The summed E-state index contributed by atoms with van der Waals surface area (Å²) in [6.45, 7) is 0. The fourth-order valence-corrected chi connectivity index (χ4v) is 2.80. The molecule has 0 saturated carbocycles. The second kappa shape index (κ2) is 2.70. The van der Waals surface area contributed by atoms with E-state index in [0.29, 0.717) is 12.1 Å². The van der Waals surface area contributed by atoms with Crippen molar-refractivity contribution in [2.75, 3.05) is 7.05 Å². The summed E-state index contributed by atoms with van der Waals surface area (Å²) in [6.07, 6.45) is 4.71. The molecule has 0 spiro atoms. The Morgan fingerprint density at radius 3 is 3.21 bits per heavy atom. The lowest BCUT2D eigenvalue weighted by atomic mass is 10.00. The van der Waals surface area contributed by atoms with Gasteiger partial charge in [-0.05, 0) is 19.9 Å². The minimum atomic E-state index is 0.142. The topological polar surface area (TPSA) is 33.5 Å². The van der Waals surface area contributed by atoms with Crippen LogP contribution in [0.3, 0.4) is 0 Å². The molecule has 2 bridgehead atoms. The molecule has 0 amide bonds. The third-order valence-electron chi connectivity index (χ3n) is 3.59. The minimum absolute atomic E-state index is 0.142. The van der Waals surface area contributed by atoms with Crippen LogP contribution in [0.1, 0.15) is 30.2 Å². The van der Waals surface area contributed by atoms with E-state index in [0.717, 1.165) is 24.2 Å². The summed E-state index contributed by atoms with van der Waals surface area (Å²) in [6, 6.07) is 2.42. The molecule has 0 aliphatic carbocycles. The summed E-state index contributed by atoms with van der Waals surface area (Å²) < 4.78 is 5.43. The number of nitrogens with zero attached hydrogens (tertiary/aromatic N) is 1. The zero-order valence-electron chi connectivity index (χ0n) is 8.19. The molecule has 1 saturated heterocycles. The van der Waals surface area contributed by atoms with Crippen molar-refractivity contribution in [3.8, 4) is 0 Å². The van der Waals surface area contributed by atoms with E-state index < -0.39 is 0 Å². The normalized spacial score (nSPS) is 30.4. The van der Waals surface area contributed by atoms with E-state index in [1.165, 1.54) is 18.8 Å². The highest BCUT2D eigenvalue weighted by Gasteiger charge is 2.39. The van der Waals surface area contributed by atoms with Gasteiger partial charge in [0.1, 0.15) is 5.76 Å². The lowest BCUT2D eigenvalue weighted by Gasteiger charge is -2.31. The highest BCUT2D eigenvalue weighted by molar-refractivity contribution is 5.27. The number of hydrogen-bond acceptors (Lipinski definition) is 3. The second-order valence-electron chi connectivity index (χ2n) is 4.24. The highest BCUT2D eigenvalue weighted by Crippen LogP contribution is 2.40. The fraction of sp³-hybridized carbons (Fsp3) is 0.545. The number of likely N-dealkylation sites (N-methyl/N-ethyl adjacent to an activating group) is 1. The summed E-state index contributed by atoms with van der Waals surface area (Å²) in [4.78, 5) is 14.0. The van der Waals surface area contributed by atoms with E-state index in [1.54, 1.807) is 0 Å². The monoisotopic (exact) mass is 191 g/mol. The molecular formula is C11H13NO2. The van der Waals surface area contributed by atoms with Crippen molar-refractivity contribution < 1.29 is 4.42 Å². The molecule has 2 aliphatic heterocycles. The third kappa shape index (κ3) is 0.932. The quantitative estimate of drug-likeness (QED) is 0.620. The van der Waals surface area contributed by atoms with Crippen LogP contribution in [0.15, 0.2) is 21.5 Å². The van der Waals surface area contributed by atoms with E-state index in [4.69, 9.17) is 4.42 Å². The van der Waals surface area contributed by atoms with Gasteiger partial charge in [-0.1, -0.05) is 0 Å². The lowest BCUT2D eigenvalue weighted by Crippen LogP contribution is -2.36. The summed E-state index contributed by atoms with van der Waals surface area (Å²) in [5.41, 5.74) is 1.05. The van der Waals surface area contributed by atoms with Gasteiger partial charge in [0, 0.05) is 24.6 Å². The molecule has 1 aromatic heterocycles. The van der Waals surface area contributed by atoms with Crippen molar-refractivity contribution in [1.29, 1.82) is 0 Å². The molecular weight excluding hydrogens is 178 g/mol. The van der Waals surface area contributed by atoms with Crippen molar-refractivity contribution in [2.45, 2.75) is 31.3 Å². The number of fused-ring (bicyclic) bond motifs is 4. The third-order valence-corrected chi connectivity index (χ3v) is 3.59. The maximum Gasteiger partial charge on any atom is 0.189 e. The van der Waals surface area contributed by atoms with Crippen LogP contribution in [-0.4, -0.2) is 18.0 Å². The SMILES string of the molecule is CN1C2CCC1c1c(occc1=O)C2. The molecule has 3 heteroatoms. The van der Waals surface area contributed by atoms with Crippen LogP contribution in [-0.2, 0) is 6.42 Å². The van der Waals surface area contributed by atoms with Crippen LogP contribution in [0.25, 0.3) is 0 Å². The molecule has 3 heterocycles. The predicted octanol–water partition coefficient (Wildman–Crippen LogP) is 1.33. The Labute approximate surface area is 82.3 Å². The Kier molecular flexibility index (Phi) is 1.59. The number of rotatable bonds is 0. The van der Waals surface area contributed by atoms with Gasteiger partial charge in [-0.2, -0.15) is 0 Å². The first-order valence-electron chi connectivity index (χ1n) is 5.10. The maximum atomic E-state index is 11.7. The Balaban J connectivity index is 2.22. The van der Waals surface area contributed by atoms with Gasteiger partial charge in [-0.15, -0.1) is 0 Å². The van der Waals surface area contributed by atoms with E-state index in [2.05, 4.69) is 11.9 Å². The maximum absolute atomic E-state index is 11.7. The van der Waals surface area contributed by atoms with Gasteiger partial charge in [0.2, 0.25) is 0 Å². The van der Waals surface area contributed by atoms with E-state index in [-0.39, 0.29) is 5.43 Å². The van der Waals surface area contributed by atoms with Crippen LogP contribution < -0.4 is 5.43 Å². The number of hydrogen-bond donors (Lipinski definition) is 0. The molecule has 1 fully saturated rings. The minimum Gasteiger partial charge on any atom is -0.469 e. The molecule has 0 radical (unpaired) electrons. The molecule has 74 valence electrons. The molecule has 2 unspecified atom stereocenters. The van der Waals surface area contributed by atoms with Crippen molar-refractivity contribution >= 4 is 0 Å². The van der Waals surface area contributed by atoms with Crippen molar-refractivity contribution in [3.63, 3.8) is 0 Å². The molecule has 2 aliphatic rings. The largest absolute Gasteiger partial charge is 0.469 e. The van der Waals surface area contributed by atoms with Crippen molar-refractivity contribution in [2.24, 2.45) is 0 Å². The summed E-state index contributed by atoms with van der Waals surface area (Å²) >= 11 is 0. The Hall–Kier alpha value is -1.09.